The van der Waals surface area contributed by atoms with Crippen LogP contribution in [0.5, 0.6) is 0 Å². The quantitative estimate of drug-likeness (QED) is 0.651. The van der Waals surface area contributed by atoms with Gasteiger partial charge in [0.15, 0.2) is 0 Å². The van der Waals surface area contributed by atoms with Crippen LogP contribution < -0.4 is 10.2 Å². The maximum absolute atomic E-state index is 13.4. The van der Waals surface area contributed by atoms with E-state index in [-0.39, 0.29) is 11.0 Å². The van der Waals surface area contributed by atoms with E-state index in [9.17, 15) is 4.39 Å². The van der Waals surface area contributed by atoms with Gasteiger partial charge in [-0.2, -0.15) is 0 Å². The highest BCUT2D eigenvalue weighted by Crippen LogP contribution is 2.49. The second-order valence-corrected chi connectivity index (χ2v) is 9.72. The molecule has 1 atom stereocenters. The number of nitrogens with one attached hydrogen (secondary N) is 1. The number of ether oxygens (including phenoxy) is 1. The molecule has 0 unspecified atom stereocenters. The minimum atomic E-state index is -0.685. The first-order valence-corrected chi connectivity index (χ1v) is 11.9. The number of hydrogen-bond donors (Lipinski definition) is 1. The van der Waals surface area contributed by atoms with E-state index >= 15 is 0 Å². The van der Waals surface area contributed by atoms with E-state index < -0.39 is 6.17 Å². The molecule has 4 nitrogen and oxygen atoms in total. The summed E-state index contributed by atoms with van der Waals surface area (Å²) < 4.78 is 19.7. The smallest absolute Gasteiger partial charge is 0.135 e. The number of nitrogens with zero attached hydrogens (tertiary/aromatic N) is 2. The Bertz CT molecular complexity index is 864. The van der Waals surface area contributed by atoms with Gasteiger partial charge in [-0.05, 0) is 62.4 Å². The molecule has 31 heavy (non-hydrogen) atoms. The van der Waals surface area contributed by atoms with Crippen LogP contribution in [0.25, 0.3) is 0 Å². The molecule has 2 saturated heterocycles. The molecule has 1 aromatic heterocycles. The average Bonchev–Trinajstić information content (AvgIpc) is 3.23. The molecule has 1 aliphatic carbocycles. The van der Waals surface area contributed by atoms with E-state index in [1.807, 2.05) is 18.3 Å². The Morgan fingerprint density at radius 3 is 2.65 bits per heavy atom. The molecule has 2 aliphatic heterocycles. The van der Waals surface area contributed by atoms with Crippen molar-refractivity contribution in [3.63, 3.8) is 0 Å². The van der Waals surface area contributed by atoms with Gasteiger partial charge >= 0.3 is 0 Å². The van der Waals surface area contributed by atoms with Gasteiger partial charge in [-0.15, -0.1) is 0 Å². The van der Waals surface area contributed by atoms with E-state index in [4.69, 9.17) is 9.72 Å². The molecule has 1 saturated carbocycles. The number of aromatic nitrogens is 1. The van der Waals surface area contributed by atoms with Crippen molar-refractivity contribution >= 4 is 5.69 Å². The zero-order valence-corrected chi connectivity index (χ0v) is 18.4. The fourth-order valence-electron chi connectivity index (χ4n) is 5.94. The first-order valence-electron chi connectivity index (χ1n) is 11.9. The summed E-state index contributed by atoms with van der Waals surface area (Å²) in [5.41, 5.74) is 3.78. The van der Waals surface area contributed by atoms with Crippen LogP contribution in [0, 0.1) is 0 Å². The van der Waals surface area contributed by atoms with Gasteiger partial charge in [-0.25, -0.2) is 4.39 Å². The van der Waals surface area contributed by atoms with Gasteiger partial charge in [-0.1, -0.05) is 37.1 Å². The predicted molar refractivity (Wildman–Crippen MR) is 122 cm³/mol. The normalized spacial score (nSPS) is 25.6. The number of halogens is 1. The summed E-state index contributed by atoms with van der Waals surface area (Å²) in [5.74, 6) is 0. The molecular formula is C26H34FN3O. The maximum Gasteiger partial charge on any atom is 0.135 e. The van der Waals surface area contributed by atoms with Gasteiger partial charge in [0.2, 0.25) is 0 Å². The van der Waals surface area contributed by atoms with Crippen LogP contribution in [0.3, 0.4) is 0 Å². The Hall–Kier alpha value is -1.98. The molecule has 0 radical (unpaired) electrons. The standard InChI is InChI=1S/C26H34FN3O/c27-22-18-30(19-22)23-8-2-1-7-21(23)17-28-15-12-25(24-9-3-6-14-29-24)13-16-31-26(20-25)10-4-5-11-26/h1-3,6-9,14,22,28H,4-5,10-13,15-20H2/t25-/m1/s1. The minimum Gasteiger partial charge on any atom is -0.375 e. The van der Waals surface area contributed by atoms with E-state index in [1.54, 1.807) is 0 Å². The lowest BCUT2D eigenvalue weighted by Gasteiger charge is -2.46. The van der Waals surface area contributed by atoms with Crippen LogP contribution in [0.15, 0.2) is 48.7 Å². The van der Waals surface area contributed by atoms with Gasteiger partial charge in [0.25, 0.3) is 0 Å². The number of alkyl halides is 1. The van der Waals surface area contributed by atoms with Gasteiger partial charge in [0, 0.05) is 36.1 Å². The molecule has 1 aromatic carbocycles. The van der Waals surface area contributed by atoms with Gasteiger partial charge in [0.05, 0.1) is 18.7 Å². The zero-order chi connectivity index (χ0) is 21.2. The fraction of sp³-hybridized carbons (Fsp3) is 0.577. The highest BCUT2D eigenvalue weighted by Gasteiger charge is 2.48. The third kappa shape index (κ3) is 4.35. The Kier molecular flexibility index (Phi) is 5.98. The lowest BCUT2D eigenvalue weighted by atomic mass is 9.68. The van der Waals surface area contributed by atoms with Crippen molar-refractivity contribution in [1.29, 1.82) is 0 Å². The van der Waals surface area contributed by atoms with Crippen molar-refractivity contribution in [2.45, 2.75) is 68.7 Å². The topological polar surface area (TPSA) is 37.4 Å². The van der Waals surface area contributed by atoms with E-state index in [2.05, 4.69) is 40.5 Å². The maximum atomic E-state index is 13.4. The van der Waals surface area contributed by atoms with Crippen molar-refractivity contribution in [1.82, 2.24) is 10.3 Å². The summed E-state index contributed by atoms with van der Waals surface area (Å²) in [6.07, 6.45) is 9.37. The van der Waals surface area contributed by atoms with Crippen LogP contribution in [-0.2, 0) is 16.7 Å². The second-order valence-electron chi connectivity index (χ2n) is 9.72. The summed E-state index contributed by atoms with van der Waals surface area (Å²) in [7, 11) is 0. The van der Waals surface area contributed by atoms with Crippen LogP contribution in [0.4, 0.5) is 10.1 Å². The highest BCUT2D eigenvalue weighted by molar-refractivity contribution is 5.55. The molecule has 0 amide bonds. The molecule has 0 bridgehead atoms. The van der Waals surface area contributed by atoms with E-state index in [1.165, 1.54) is 42.6 Å². The Morgan fingerprint density at radius 2 is 1.87 bits per heavy atom. The number of anilines is 1. The molecule has 2 aromatic rings. The summed E-state index contributed by atoms with van der Waals surface area (Å²) in [6, 6.07) is 14.7. The van der Waals surface area contributed by atoms with Crippen molar-refractivity contribution < 1.29 is 9.13 Å². The average molecular weight is 424 g/mol. The zero-order valence-electron chi connectivity index (χ0n) is 18.4. The molecule has 3 aliphatic rings. The molecule has 3 fully saturated rings. The lowest BCUT2D eigenvalue weighted by molar-refractivity contribution is -0.104. The predicted octanol–water partition coefficient (Wildman–Crippen LogP) is 4.78. The van der Waals surface area contributed by atoms with Crippen LogP contribution >= 0.6 is 0 Å². The molecule has 1 N–H and O–H groups in total. The fourth-order valence-corrected chi connectivity index (χ4v) is 5.94. The Labute approximate surface area is 185 Å². The number of hydrogen-bond acceptors (Lipinski definition) is 4. The summed E-state index contributed by atoms with van der Waals surface area (Å²) >= 11 is 0. The van der Waals surface area contributed by atoms with E-state index in [0.717, 1.165) is 39.0 Å². The highest BCUT2D eigenvalue weighted by atomic mass is 19.1. The Balaban J connectivity index is 1.26. The Morgan fingerprint density at radius 1 is 1.06 bits per heavy atom. The summed E-state index contributed by atoms with van der Waals surface area (Å²) in [5, 5.41) is 3.69. The first kappa shape index (κ1) is 20.9. The molecular weight excluding hydrogens is 389 g/mol. The molecule has 5 heteroatoms. The lowest BCUT2D eigenvalue weighted by Crippen LogP contribution is -2.49. The minimum absolute atomic E-state index is 0.0583. The monoisotopic (exact) mass is 423 g/mol. The third-order valence-electron chi connectivity index (χ3n) is 7.64. The third-order valence-corrected chi connectivity index (χ3v) is 7.64. The molecule has 5 rings (SSSR count). The van der Waals surface area contributed by atoms with Crippen molar-refractivity contribution in [2.75, 3.05) is 31.1 Å². The second kappa shape index (κ2) is 8.87. The van der Waals surface area contributed by atoms with Crippen molar-refractivity contribution in [2.24, 2.45) is 0 Å². The number of benzene rings is 1. The SMILES string of the molecule is FC1CN(c2ccccc2CNCC[C@@]2(c3ccccn3)CCOC3(CCCC3)C2)C1. The number of para-hydroxylation sites is 1. The number of pyridine rings is 1. The van der Waals surface area contributed by atoms with Gasteiger partial charge in [-0.3, -0.25) is 4.98 Å². The van der Waals surface area contributed by atoms with Crippen LogP contribution in [-0.4, -0.2) is 43.0 Å². The van der Waals surface area contributed by atoms with Gasteiger partial charge in [0.1, 0.15) is 6.17 Å². The molecule has 1 spiro atoms. The molecule has 166 valence electrons. The van der Waals surface area contributed by atoms with Crippen LogP contribution in [0.1, 0.15) is 56.2 Å². The van der Waals surface area contributed by atoms with Crippen LogP contribution in [0.2, 0.25) is 0 Å². The summed E-state index contributed by atoms with van der Waals surface area (Å²) in [6.45, 7) is 3.61. The summed E-state index contributed by atoms with van der Waals surface area (Å²) in [4.78, 5) is 6.94. The number of rotatable bonds is 7. The van der Waals surface area contributed by atoms with Crippen molar-refractivity contribution in [3.05, 3.63) is 59.9 Å². The van der Waals surface area contributed by atoms with Gasteiger partial charge < -0.3 is 15.0 Å². The first-order chi connectivity index (χ1) is 15.2. The largest absolute Gasteiger partial charge is 0.375 e. The van der Waals surface area contributed by atoms with Crippen molar-refractivity contribution in [3.8, 4) is 0 Å². The molecule has 3 heterocycles. The van der Waals surface area contributed by atoms with E-state index in [0.29, 0.717) is 13.1 Å².